The molecule has 2 aromatic carbocycles. The Labute approximate surface area is 271 Å². The van der Waals surface area contributed by atoms with Crippen molar-refractivity contribution in [3.05, 3.63) is 70.3 Å². The molecule has 0 amide bonds. The van der Waals surface area contributed by atoms with Crippen LogP contribution < -0.4 is 16.5 Å². The van der Waals surface area contributed by atoms with Crippen LogP contribution >= 0.6 is 0 Å². The number of aromatic nitrogens is 1. The van der Waals surface area contributed by atoms with Crippen molar-refractivity contribution in [3.63, 3.8) is 0 Å². The van der Waals surface area contributed by atoms with E-state index in [0.29, 0.717) is 30.1 Å². The van der Waals surface area contributed by atoms with Crippen LogP contribution in [0.15, 0.2) is 41.5 Å². The molecule has 48 heavy (non-hydrogen) atoms. The minimum absolute atomic E-state index is 0.0334. The minimum Gasteiger partial charge on any atom is -0.396 e. The average molecular weight is 688 g/mol. The number of anilines is 1. The van der Waals surface area contributed by atoms with Crippen LogP contribution in [0.4, 0.5) is 40.9 Å². The number of nitrogens with two attached hydrogens (primary N) is 2. The molecule has 1 aromatic heterocycles. The van der Waals surface area contributed by atoms with Crippen LogP contribution in [-0.2, 0) is 25.4 Å². The molecular formula is C32H37F8N7O. The highest BCUT2D eigenvalue weighted by atomic mass is 19.4. The molecule has 3 aromatic rings. The summed E-state index contributed by atoms with van der Waals surface area (Å²) in [6, 6.07) is 4.81. The number of hydrogen-bond donors (Lipinski definition) is 3. The molecule has 0 unspecified atom stereocenters. The van der Waals surface area contributed by atoms with Crippen molar-refractivity contribution in [2.45, 2.75) is 70.0 Å². The Hall–Kier alpha value is -3.92. The van der Waals surface area contributed by atoms with Crippen molar-refractivity contribution in [3.8, 4) is 0 Å². The summed E-state index contributed by atoms with van der Waals surface area (Å²) in [5.41, 5.74) is 3.51. The first-order valence-corrected chi connectivity index (χ1v) is 15.6. The number of alkyl halides is 6. The van der Waals surface area contributed by atoms with Gasteiger partial charge in [-0.25, -0.2) is 24.7 Å². The molecule has 5 N–H and O–H groups in total. The van der Waals surface area contributed by atoms with Crippen molar-refractivity contribution in [1.82, 2.24) is 15.0 Å². The molecule has 5 rings (SSSR count). The zero-order valence-corrected chi connectivity index (χ0v) is 26.1. The Morgan fingerprint density at radius 3 is 2.12 bits per heavy atom. The fraction of sp³-hybridized carbons (Fsp3) is 0.500. The quantitative estimate of drug-likeness (QED) is 0.0833. The third-order valence-corrected chi connectivity index (χ3v) is 9.14. The van der Waals surface area contributed by atoms with Gasteiger partial charge in [0.2, 0.25) is 5.96 Å². The van der Waals surface area contributed by atoms with Crippen molar-refractivity contribution >= 4 is 22.7 Å². The van der Waals surface area contributed by atoms with Crippen LogP contribution in [0.3, 0.4) is 0 Å². The number of hydrogen-bond acceptors (Lipinski definition) is 6. The lowest BCUT2D eigenvalue weighted by Crippen LogP contribution is -2.41. The largest absolute Gasteiger partial charge is 0.416 e. The number of aliphatic hydroxyl groups excluding tert-OH is 1. The summed E-state index contributed by atoms with van der Waals surface area (Å²) in [5.74, 6) is 4.05. The van der Waals surface area contributed by atoms with Crippen LogP contribution in [0.5, 0.6) is 0 Å². The molecule has 0 radical (unpaired) electrons. The van der Waals surface area contributed by atoms with Gasteiger partial charge in [0.05, 0.1) is 16.6 Å². The topological polar surface area (TPSA) is 107 Å². The molecule has 0 bridgehead atoms. The number of nitrogens with zero attached hydrogens (tertiary/aromatic N) is 5. The predicted octanol–water partition coefficient (Wildman–Crippen LogP) is 6.36. The molecule has 1 saturated heterocycles. The second-order valence-electron chi connectivity index (χ2n) is 12.6. The summed E-state index contributed by atoms with van der Waals surface area (Å²) in [6.07, 6.45) is -5.00. The number of halogens is 8. The molecular weight excluding hydrogens is 650 g/mol. The smallest absolute Gasteiger partial charge is 0.396 e. The summed E-state index contributed by atoms with van der Waals surface area (Å²) < 4.78 is 111. The zero-order chi connectivity index (χ0) is 35.0. The van der Waals surface area contributed by atoms with Gasteiger partial charge in [0.25, 0.3) is 0 Å². The van der Waals surface area contributed by atoms with E-state index in [1.807, 2.05) is 0 Å². The molecule has 2 fully saturated rings. The maximum atomic E-state index is 14.4. The molecule has 1 atom stereocenters. The number of fused-ring (bicyclic) bond motifs is 1. The van der Waals surface area contributed by atoms with Gasteiger partial charge in [0.1, 0.15) is 5.82 Å². The maximum Gasteiger partial charge on any atom is 0.416 e. The molecule has 1 aliphatic carbocycles. The van der Waals surface area contributed by atoms with Crippen molar-refractivity contribution in [1.29, 1.82) is 0 Å². The SMILES string of the molecule is CN(N)/N=C(\N)N(Cc1cc(C(F)(F)F)cc(C(F)(F)F)c1)Cc1cc2cc(F)c(F)cc2nc1N1CCC[C@H]1C1CCC(CO)CC1. The maximum absolute atomic E-state index is 14.4. The number of rotatable bonds is 8. The average Bonchev–Trinajstić information content (AvgIpc) is 3.50. The summed E-state index contributed by atoms with van der Waals surface area (Å²) >= 11 is 0. The molecule has 1 saturated carbocycles. The highest BCUT2D eigenvalue weighted by Crippen LogP contribution is 2.41. The summed E-state index contributed by atoms with van der Waals surface area (Å²) in [6.45, 7) is -0.0667. The molecule has 8 nitrogen and oxygen atoms in total. The normalized spacial score (nSPS) is 20.9. The van der Waals surface area contributed by atoms with Crippen molar-refractivity contribution < 1.29 is 40.2 Å². The van der Waals surface area contributed by atoms with Gasteiger partial charge in [-0.3, -0.25) is 0 Å². The van der Waals surface area contributed by atoms with E-state index in [1.54, 1.807) is 6.07 Å². The molecule has 16 heteroatoms. The number of guanidine groups is 1. The second-order valence-corrected chi connectivity index (χ2v) is 12.6. The van der Waals surface area contributed by atoms with Gasteiger partial charge in [0, 0.05) is 56.3 Å². The third-order valence-electron chi connectivity index (χ3n) is 9.14. The fourth-order valence-electron chi connectivity index (χ4n) is 6.85. The summed E-state index contributed by atoms with van der Waals surface area (Å²) in [5, 5.41) is 14.7. The molecule has 0 spiro atoms. The Bertz CT molecular complexity index is 1610. The fourth-order valence-corrected chi connectivity index (χ4v) is 6.85. The van der Waals surface area contributed by atoms with Crippen LogP contribution in [0.25, 0.3) is 10.9 Å². The second kappa shape index (κ2) is 13.9. The molecule has 2 aliphatic rings. The van der Waals surface area contributed by atoms with Gasteiger partial charge >= 0.3 is 12.4 Å². The lowest BCUT2D eigenvalue weighted by molar-refractivity contribution is -0.143. The van der Waals surface area contributed by atoms with Gasteiger partial charge in [-0.1, -0.05) is 0 Å². The number of hydrazine groups is 1. The summed E-state index contributed by atoms with van der Waals surface area (Å²) in [4.78, 5) is 8.09. The van der Waals surface area contributed by atoms with E-state index < -0.39 is 41.7 Å². The first kappa shape index (κ1) is 35.4. The lowest BCUT2D eigenvalue weighted by atomic mass is 9.78. The Morgan fingerprint density at radius 2 is 1.54 bits per heavy atom. The van der Waals surface area contributed by atoms with Gasteiger partial charge in [-0.05, 0) is 86.3 Å². The summed E-state index contributed by atoms with van der Waals surface area (Å²) in [7, 11) is 1.33. The molecule has 262 valence electrons. The van der Waals surface area contributed by atoms with E-state index in [-0.39, 0.29) is 59.5 Å². The standard InChI is InChI=1S/C32H37F8N7O/c1-45(42)44-30(41)46(15-19-9-23(31(35,36)37)13-24(10-19)32(38,39)40)16-22-11-21-12-25(33)26(34)14-27(21)43-29(22)47-8-2-3-28(47)20-6-4-18(17-48)5-7-20/h9-14,18,20,28,48H,2-8,15-17,42H2,1H3,(H2,41,44)/t18?,20?,28-/m0/s1. The predicted molar refractivity (Wildman–Crippen MR) is 164 cm³/mol. The van der Waals surface area contributed by atoms with Crippen molar-refractivity contribution in [2.75, 3.05) is 25.1 Å². The van der Waals surface area contributed by atoms with Crippen LogP contribution in [0.1, 0.15) is 60.8 Å². The van der Waals surface area contributed by atoms with Crippen LogP contribution in [0.2, 0.25) is 0 Å². The van der Waals surface area contributed by atoms with Gasteiger partial charge < -0.3 is 20.6 Å². The van der Waals surface area contributed by atoms with E-state index in [0.717, 1.165) is 55.8 Å². The van der Waals surface area contributed by atoms with Gasteiger partial charge in [0.15, 0.2) is 11.6 Å². The number of pyridine rings is 1. The minimum atomic E-state index is -5.06. The van der Waals surface area contributed by atoms with E-state index >= 15 is 0 Å². The number of benzene rings is 2. The van der Waals surface area contributed by atoms with E-state index in [2.05, 4.69) is 10.0 Å². The van der Waals surface area contributed by atoms with Crippen LogP contribution in [0, 0.1) is 23.5 Å². The monoisotopic (exact) mass is 687 g/mol. The third kappa shape index (κ3) is 8.02. The first-order valence-electron chi connectivity index (χ1n) is 15.6. The van der Waals surface area contributed by atoms with Gasteiger partial charge in [-0.15, -0.1) is 5.10 Å². The number of aliphatic hydroxyl groups is 1. The number of hydrazone groups is 1. The van der Waals surface area contributed by atoms with E-state index in [4.69, 9.17) is 16.6 Å². The Kier molecular flexibility index (Phi) is 10.2. The highest BCUT2D eigenvalue weighted by molar-refractivity contribution is 5.83. The zero-order valence-electron chi connectivity index (χ0n) is 26.1. The first-order chi connectivity index (χ1) is 22.5. The Balaban J connectivity index is 1.59. The van der Waals surface area contributed by atoms with E-state index in [1.165, 1.54) is 11.9 Å². The lowest BCUT2D eigenvalue weighted by Gasteiger charge is -2.38. The highest BCUT2D eigenvalue weighted by Gasteiger charge is 2.38. The van der Waals surface area contributed by atoms with Crippen molar-refractivity contribution in [2.24, 2.45) is 28.5 Å². The van der Waals surface area contributed by atoms with Crippen LogP contribution in [-0.4, -0.2) is 52.3 Å². The van der Waals surface area contributed by atoms with Gasteiger partial charge in [-0.2, -0.15) is 26.3 Å². The van der Waals surface area contributed by atoms with E-state index in [9.17, 15) is 40.2 Å². The molecule has 1 aliphatic heterocycles. The Morgan fingerprint density at radius 1 is 0.917 bits per heavy atom. The molecule has 2 heterocycles.